The molecule has 2 heterocycles. The van der Waals surface area contributed by atoms with Gasteiger partial charge in [-0.25, -0.2) is 0 Å². The standard InChI is InChI=1S/C18H23NO3/c1-13-15-7-10-19-16(20)17(15,14-5-3-2-4-6-14)8-9-18(13)21-11-12-22-18/h2-6,13,15H,7-12H2,1H3,(H,19,20)/t13-,15?,17?/m0/s1. The van der Waals surface area contributed by atoms with E-state index in [1.807, 2.05) is 18.2 Å². The van der Waals surface area contributed by atoms with Gasteiger partial charge in [0.2, 0.25) is 5.91 Å². The highest BCUT2D eigenvalue weighted by molar-refractivity contribution is 5.89. The van der Waals surface area contributed by atoms with E-state index in [-0.39, 0.29) is 17.7 Å². The first-order valence-corrected chi connectivity index (χ1v) is 8.31. The van der Waals surface area contributed by atoms with Gasteiger partial charge < -0.3 is 14.8 Å². The molecule has 1 spiro atoms. The summed E-state index contributed by atoms with van der Waals surface area (Å²) in [4.78, 5) is 12.9. The minimum Gasteiger partial charge on any atom is -0.355 e. The van der Waals surface area contributed by atoms with Crippen molar-refractivity contribution in [2.24, 2.45) is 11.8 Å². The molecule has 0 aromatic heterocycles. The van der Waals surface area contributed by atoms with Gasteiger partial charge in [-0.05, 0) is 24.3 Å². The lowest BCUT2D eigenvalue weighted by Crippen LogP contribution is -2.63. The number of nitrogens with one attached hydrogen (secondary N) is 1. The second-order valence-electron chi connectivity index (χ2n) is 6.79. The first-order chi connectivity index (χ1) is 10.7. The van der Waals surface area contributed by atoms with Gasteiger partial charge in [0.05, 0.1) is 18.6 Å². The highest BCUT2D eigenvalue weighted by atomic mass is 16.7. The van der Waals surface area contributed by atoms with Crippen LogP contribution in [0.25, 0.3) is 0 Å². The Bertz CT molecular complexity index is 567. The summed E-state index contributed by atoms with van der Waals surface area (Å²) in [7, 11) is 0. The second kappa shape index (κ2) is 5.07. The van der Waals surface area contributed by atoms with Gasteiger partial charge in [-0.1, -0.05) is 37.3 Å². The number of amides is 1. The lowest BCUT2D eigenvalue weighted by molar-refractivity contribution is -0.235. The lowest BCUT2D eigenvalue weighted by atomic mass is 9.54. The maximum atomic E-state index is 12.9. The summed E-state index contributed by atoms with van der Waals surface area (Å²) in [5.41, 5.74) is 0.705. The number of benzene rings is 1. The van der Waals surface area contributed by atoms with E-state index in [1.54, 1.807) is 0 Å². The molecule has 0 radical (unpaired) electrons. The molecule has 1 aromatic rings. The molecule has 1 aliphatic carbocycles. The normalized spacial score (nSPS) is 36.9. The Morgan fingerprint density at radius 1 is 1.14 bits per heavy atom. The molecule has 4 heteroatoms. The fourth-order valence-corrected chi connectivity index (χ4v) is 4.90. The number of piperidine rings is 1. The van der Waals surface area contributed by atoms with E-state index in [9.17, 15) is 4.79 Å². The molecule has 1 amide bonds. The highest BCUT2D eigenvalue weighted by Gasteiger charge is 2.61. The quantitative estimate of drug-likeness (QED) is 0.865. The predicted octanol–water partition coefficient (Wildman–Crippen LogP) is 2.23. The average Bonchev–Trinajstić information content (AvgIpc) is 3.03. The summed E-state index contributed by atoms with van der Waals surface area (Å²) in [5, 5.41) is 3.10. The van der Waals surface area contributed by atoms with Crippen molar-refractivity contribution < 1.29 is 14.3 Å². The van der Waals surface area contributed by atoms with Crippen molar-refractivity contribution in [3.8, 4) is 0 Å². The molecule has 118 valence electrons. The zero-order chi connectivity index (χ0) is 15.2. The third-order valence-electron chi connectivity index (χ3n) is 6.01. The molecule has 1 aromatic carbocycles. The van der Waals surface area contributed by atoms with Crippen molar-refractivity contribution in [3.63, 3.8) is 0 Å². The van der Waals surface area contributed by atoms with E-state index in [1.165, 1.54) is 0 Å². The van der Waals surface area contributed by atoms with Crippen molar-refractivity contribution in [1.82, 2.24) is 5.32 Å². The van der Waals surface area contributed by atoms with Crippen molar-refractivity contribution in [3.05, 3.63) is 35.9 Å². The average molecular weight is 301 g/mol. The number of rotatable bonds is 1. The minimum atomic E-state index is -0.472. The lowest BCUT2D eigenvalue weighted by Gasteiger charge is -2.54. The smallest absolute Gasteiger partial charge is 0.230 e. The largest absolute Gasteiger partial charge is 0.355 e. The van der Waals surface area contributed by atoms with Crippen LogP contribution in [0.15, 0.2) is 30.3 Å². The van der Waals surface area contributed by atoms with E-state index in [0.717, 1.165) is 31.4 Å². The molecule has 3 atom stereocenters. The Labute approximate surface area is 131 Å². The Hall–Kier alpha value is -1.39. The summed E-state index contributed by atoms with van der Waals surface area (Å²) < 4.78 is 12.0. The molecular weight excluding hydrogens is 278 g/mol. The van der Waals surface area contributed by atoms with E-state index < -0.39 is 11.2 Å². The van der Waals surface area contributed by atoms with Crippen LogP contribution in [0.5, 0.6) is 0 Å². The summed E-state index contributed by atoms with van der Waals surface area (Å²) in [6.07, 6.45) is 2.56. The van der Waals surface area contributed by atoms with Gasteiger partial charge in [0.25, 0.3) is 0 Å². The molecule has 3 aliphatic rings. The van der Waals surface area contributed by atoms with Crippen LogP contribution in [0, 0.1) is 11.8 Å². The molecule has 1 N–H and O–H groups in total. The molecular formula is C18H23NO3. The van der Waals surface area contributed by atoms with Gasteiger partial charge in [0.1, 0.15) is 0 Å². The van der Waals surface area contributed by atoms with Crippen LogP contribution in [0.2, 0.25) is 0 Å². The van der Waals surface area contributed by atoms with Gasteiger partial charge in [-0.3, -0.25) is 4.79 Å². The van der Waals surface area contributed by atoms with Crippen LogP contribution in [-0.4, -0.2) is 31.5 Å². The van der Waals surface area contributed by atoms with Gasteiger partial charge >= 0.3 is 0 Å². The number of fused-ring (bicyclic) bond motifs is 1. The fraction of sp³-hybridized carbons (Fsp3) is 0.611. The number of carbonyl (C=O) groups excluding carboxylic acids is 1. The minimum absolute atomic E-state index is 0.176. The summed E-state index contributed by atoms with van der Waals surface area (Å²) in [5.74, 6) is 0.181. The van der Waals surface area contributed by atoms with Crippen LogP contribution in [-0.2, 0) is 19.7 Å². The maximum absolute atomic E-state index is 12.9. The molecule has 2 aliphatic heterocycles. The first kappa shape index (κ1) is 14.2. The Kier molecular flexibility index (Phi) is 3.27. The highest BCUT2D eigenvalue weighted by Crippen LogP contribution is 2.55. The van der Waals surface area contributed by atoms with Gasteiger partial charge in [-0.15, -0.1) is 0 Å². The Balaban J connectivity index is 1.79. The molecule has 3 fully saturated rings. The third-order valence-corrected chi connectivity index (χ3v) is 6.01. The van der Waals surface area contributed by atoms with Crippen LogP contribution >= 0.6 is 0 Å². The molecule has 4 rings (SSSR count). The summed E-state index contributed by atoms with van der Waals surface area (Å²) in [6, 6.07) is 10.3. The number of hydrogen-bond donors (Lipinski definition) is 1. The monoisotopic (exact) mass is 301 g/mol. The van der Waals surface area contributed by atoms with Crippen molar-refractivity contribution in [1.29, 1.82) is 0 Å². The Morgan fingerprint density at radius 2 is 1.86 bits per heavy atom. The number of ether oxygens (including phenoxy) is 2. The molecule has 0 bridgehead atoms. The molecule has 4 nitrogen and oxygen atoms in total. The summed E-state index contributed by atoms with van der Waals surface area (Å²) >= 11 is 0. The van der Waals surface area contributed by atoms with E-state index in [4.69, 9.17) is 9.47 Å². The van der Waals surface area contributed by atoms with Gasteiger partial charge in [-0.2, -0.15) is 0 Å². The molecule has 2 saturated heterocycles. The van der Waals surface area contributed by atoms with Crippen LogP contribution in [0.3, 0.4) is 0 Å². The second-order valence-corrected chi connectivity index (χ2v) is 6.79. The van der Waals surface area contributed by atoms with E-state index in [0.29, 0.717) is 13.2 Å². The molecule has 22 heavy (non-hydrogen) atoms. The zero-order valence-corrected chi connectivity index (χ0v) is 13.0. The van der Waals surface area contributed by atoms with Crippen molar-refractivity contribution in [2.45, 2.75) is 37.4 Å². The van der Waals surface area contributed by atoms with Crippen LogP contribution < -0.4 is 5.32 Å². The van der Waals surface area contributed by atoms with Gasteiger partial charge in [0, 0.05) is 18.9 Å². The van der Waals surface area contributed by atoms with Crippen molar-refractivity contribution in [2.75, 3.05) is 19.8 Å². The van der Waals surface area contributed by atoms with Crippen LogP contribution in [0.4, 0.5) is 0 Å². The SMILES string of the molecule is C[C@H]1C2CCNC(=O)C2(c2ccccc2)CCC12OCCO2. The van der Waals surface area contributed by atoms with E-state index >= 15 is 0 Å². The number of hydrogen-bond acceptors (Lipinski definition) is 3. The zero-order valence-electron chi connectivity index (χ0n) is 13.0. The predicted molar refractivity (Wildman–Crippen MR) is 82.3 cm³/mol. The molecule has 1 saturated carbocycles. The Morgan fingerprint density at radius 3 is 2.59 bits per heavy atom. The summed E-state index contributed by atoms with van der Waals surface area (Å²) in [6.45, 7) is 4.28. The first-order valence-electron chi connectivity index (χ1n) is 8.31. The third kappa shape index (κ3) is 1.80. The van der Waals surface area contributed by atoms with Crippen LogP contribution in [0.1, 0.15) is 31.7 Å². The topological polar surface area (TPSA) is 47.6 Å². The molecule has 2 unspecified atom stereocenters. The van der Waals surface area contributed by atoms with Crippen molar-refractivity contribution >= 4 is 5.91 Å². The van der Waals surface area contributed by atoms with E-state index in [2.05, 4.69) is 24.4 Å². The maximum Gasteiger partial charge on any atom is 0.230 e. The van der Waals surface area contributed by atoms with Gasteiger partial charge in [0.15, 0.2) is 5.79 Å². The fourth-order valence-electron chi connectivity index (χ4n) is 4.90. The number of carbonyl (C=O) groups is 1.